The van der Waals surface area contributed by atoms with Crippen LogP contribution in [0.5, 0.6) is 11.5 Å². The molecule has 2 aromatic carbocycles. The van der Waals surface area contributed by atoms with Crippen LogP contribution in [0.25, 0.3) is 0 Å². The minimum absolute atomic E-state index is 0.322. The molecule has 0 aliphatic rings. The smallest absolute Gasteiger partial charge is 0.122 e. The molecule has 15 heavy (non-hydrogen) atoms. The highest BCUT2D eigenvalue weighted by atomic mass is 31.0. The van der Waals surface area contributed by atoms with Crippen LogP contribution < -0.4 is 4.52 Å². The van der Waals surface area contributed by atoms with Crippen LogP contribution in [-0.4, -0.2) is 5.11 Å². The van der Waals surface area contributed by atoms with Crippen molar-refractivity contribution in [1.29, 1.82) is 0 Å². The lowest BCUT2D eigenvalue weighted by molar-refractivity contribution is 0.475. The van der Waals surface area contributed by atoms with Gasteiger partial charge in [0.05, 0.1) is 9.47 Å². The van der Waals surface area contributed by atoms with Crippen LogP contribution >= 0.6 is 9.47 Å². The number of aromatic hydroxyl groups is 1. The summed E-state index contributed by atoms with van der Waals surface area (Å²) in [4.78, 5) is 0. The maximum absolute atomic E-state index is 8.63. The Kier molecular flexibility index (Phi) is 5.28. The van der Waals surface area contributed by atoms with Gasteiger partial charge in [0, 0.05) is 0 Å². The van der Waals surface area contributed by atoms with Crippen LogP contribution in [0, 0.1) is 0 Å². The van der Waals surface area contributed by atoms with Crippen molar-refractivity contribution in [1.82, 2.24) is 0 Å². The highest BCUT2D eigenvalue weighted by Crippen LogP contribution is 2.09. The van der Waals surface area contributed by atoms with E-state index in [1.54, 1.807) is 24.3 Å². The van der Waals surface area contributed by atoms with Crippen LogP contribution in [-0.2, 0) is 0 Å². The molecule has 0 bridgehead atoms. The van der Waals surface area contributed by atoms with Crippen molar-refractivity contribution in [2.75, 3.05) is 0 Å². The van der Waals surface area contributed by atoms with E-state index in [2.05, 4.69) is 9.47 Å². The van der Waals surface area contributed by atoms with Crippen LogP contribution in [0.2, 0.25) is 0 Å². The van der Waals surface area contributed by atoms with Gasteiger partial charge in [-0.05, 0) is 24.3 Å². The van der Waals surface area contributed by atoms with Gasteiger partial charge in [-0.25, -0.2) is 0 Å². The third kappa shape index (κ3) is 5.04. The fourth-order valence-corrected chi connectivity index (χ4v) is 1.08. The Morgan fingerprint density at radius 1 is 0.800 bits per heavy atom. The molecule has 2 rings (SSSR count). The third-order valence-corrected chi connectivity index (χ3v) is 1.91. The predicted octanol–water partition coefficient (Wildman–Crippen LogP) is 3.25. The standard InChI is InChI=1S/C6H7OP.C6H6O/c8-7-6-4-2-1-3-5-6;7-6-4-2-1-3-5-6/h1-5H,8H2;1-5,7H. The van der Waals surface area contributed by atoms with E-state index in [4.69, 9.17) is 9.63 Å². The van der Waals surface area contributed by atoms with E-state index < -0.39 is 0 Å². The van der Waals surface area contributed by atoms with Crippen LogP contribution in [0.15, 0.2) is 60.7 Å². The maximum atomic E-state index is 8.63. The largest absolute Gasteiger partial charge is 0.508 e. The lowest BCUT2D eigenvalue weighted by Gasteiger charge is -1.93. The van der Waals surface area contributed by atoms with Gasteiger partial charge in [0.25, 0.3) is 0 Å². The molecular weight excluding hydrogens is 207 g/mol. The normalized spacial score (nSPS) is 8.60. The second kappa shape index (κ2) is 6.86. The first-order chi connectivity index (χ1) is 7.33. The lowest BCUT2D eigenvalue weighted by atomic mass is 10.3. The Labute approximate surface area is 91.8 Å². The van der Waals surface area contributed by atoms with Crippen molar-refractivity contribution < 1.29 is 9.63 Å². The Balaban J connectivity index is 0.000000151. The number of hydrogen-bond acceptors (Lipinski definition) is 2. The first kappa shape index (κ1) is 11.5. The molecule has 0 heterocycles. The molecule has 0 aromatic heterocycles. The van der Waals surface area contributed by atoms with E-state index in [-0.39, 0.29) is 0 Å². The first-order valence-electron chi connectivity index (χ1n) is 4.48. The maximum Gasteiger partial charge on any atom is 0.122 e. The number of para-hydroxylation sites is 2. The number of hydrogen-bond donors (Lipinski definition) is 1. The van der Waals surface area contributed by atoms with Crippen LogP contribution in [0.1, 0.15) is 0 Å². The summed E-state index contributed by atoms with van der Waals surface area (Å²) in [5.74, 6) is 1.19. The number of benzene rings is 2. The zero-order valence-corrected chi connectivity index (χ0v) is 9.36. The highest BCUT2D eigenvalue weighted by molar-refractivity contribution is 7.10. The quantitative estimate of drug-likeness (QED) is 0.747. The predicted molar refractivity (Wildman–Crippen MR) is 64.9 cm³/mol. The van der Waals surface area contributed by atoms with Gasteiger partial charge >= 0.3 is 0 Å². The molecule has 0 saturated heterocycles. The summed E-state index contributed by atoms with van der Waals surface area (Å²) in [5.41, 5.74) is 0. The van der Waals surface area contributed by atoms with Gasteiger partial charge < -0.3 is 9.63 Å². The summed E-state index contributed by atoms with van der Waals surface area (Å²) in [6.07, 6.45) is 0. The summed E-state index contributed by atoms with van der Waals surface area (Å²) < 4.78 is 4.83. The summed E-state index contributed by atoms with van der Waals surface area (Å²) in [6.45, 7) is 0. The summed E-state index contributed by atoms with van der Waals surface area (Å²) in [6, 6.07) is 18.3. The van der Waals surface area contributed by atoms with Gasteiger partial charge in [-0.2, -0.15) is 0 Å². The van der Waals surface area contributed by atoms with E-state index >= 15 is 0 Å². The molecule has 0 aliphatic carbocycles. The van der Waals surface area contributed by atoms with Gasteiger partial charge in [0.1, 0.15) is 11.5 Å². The fraction of sp³-hybridized carbons (Fsp3) is 0. The van der Waals surface area contributed by atoms with Gasteiger partial charge in [0.15, 0.2) is 0 Å². The van der Waals surface area contributed by atoms with Gasteiger partial charge in [-0.3, -0.25) is 0 Å². The Morgan fingerprint density at radius 2 is 1.27 bits per heavy atom. The second-order valence-corrected chi connectivity index (χ2v) is 3.00. The van der Waals surface area contributed by atoms with Gasteiger partial charge in [-0.1, -0.05) is 36.4 Å². The Bertz CT molecular complexity index is 362. The molecule has 0 spiro atoms. The zero-order chi connectivity index (χ0) is 10.9. The first-order valence-corrected chi connectivity index (χ1v) is 4.96. The molecule has 1 N–H and O–H groups in total. The molecule has 0 amide bonds. The van der Waals surface area contributed by atoms with E-state index in [1.165, 1.54) is 0 Å². The molecule has 2 nitrogen and oxygen atoms in total. The van der Waals surface area contributed by atoms with Crippen molar-refractivity contribution in [3.05, 3.63) is 60.7 Å². The summed E-state index contributed by atoms with van der Waals surface area (Å²) in [7, 11) is 2.19. The number of phenolic OH excluding ortho intramolecular Hbond substituents is 1. The number of rotatable bonds is 1. The van der Waals surface area contributed by atoms with E-state index in [0.717, 1.165) is 5.75 Å². The molecule has 0 saturated carbocycles. The minimum atomic E-state index is 0.322. The van der Waals surface area contributed by atoms with E-state index in [1.807, 2.05) is 36.4 Å². The van der Waals surface area contributed by atoms with Gasteiger partial charge in [-0.15, -0.1) is 0 Å². The van der Waals surface area contributed by atoms with Crippen molar-refractivity contribution in [2.45, 2.75) is 0 Å². The molecule has 3 heteroatoms. The number of phenols is 1. The molecule has 0 fully saturated rings. The summed E-state index contributed by atoms with van der Waals surface area (Å²) in [5, 5.41) is 8.63. The van der Waals surface area contributed by atoms with E-state index in [9.17, 15) is 0 Å². The Morgan fingerprint density at radius 3 is 1.53 bits per heavy atom. The molecule has 0 aliphatic heterocycles. The fourth-order valence-electron chi connectivity index (χ4n) is 0.927. The second-order valence-electron chi connectivity index (χ2n) is 2.77. The topological polar surface area (TPSA) is 29.5 Å². The van der Waals surface area contributed by atoms with Gasteiger partial charge in [0.2, 0.25) is 0 Å². The Hall–Kier alpha value is -1.53. The molecule has 78 valence electrons. The third-order valence-electron chi connectivity index (χ3n) is 1.64. The summed E-state index contributed by atoms with van der Waals surface area (Å²) >= 11 is 0. The monoisotopic (exact) mass is 220 g/mol. The molecule has 1 atom stereocenters. The SMILES string of the molecule is Oc1ccccc1.POc1ccccc1. The van der Waals surface area contributed by atoms with Crippen LogP contribution in [0.4, 0.5) is 0 Å². The van der Waals surface area contributed by atoms with E-state index in [0.29, 0.717) is 5.75 Å². The molecular formula is C12H13O2P. The molecule has 0 radical (unpaired) electrons. The average Bonchev–Trinajstić information content (AvgIpc) is 2.32. The van der Waals surface area contributed by atoms with Crippen molar-refractivity contribution in [2.24, 2.45) is 0 Å². The molecule has 2 aromatic rings. The van der Waals surface area contributed by atoms with Crippen molar-refractivity contribution in [3.63, 3.8) is 0 Å². The van der Waals surface area contributed by atoms with Crippen molar-refractivity contribution in [3.8, 4) is 11.5 Å². The van der Waals surface area contributed by atoms with Crippen LogP contribution in [0.3, 0.4) is 0 Å². The zero-order valence-electron chi connectivity index (χ0n) is 8.21. The van der Waals surface area contributed by atoms with Crippen molar-refractivity contribution >= 4 is 9.47 Å². The average molecular weight is 220 g/mol. The lowest BCUT2D eigenvalue weighted by Crippen LogP contribution is -1.68. The highest BCUT2D eigenvalue weighted by Gasteiger charge is 1.80. The molecule has 1 unspecified atom stereocenters. The minimum Gasteiger partial charge on any atom is -0.508 e.